The van der Waals surface area contributed by atoms with E-state index in [0.717, 1.165) is 11.3 Å². The van der Waals surface area contributed by atoms with Crippen molar-refractivity contribution in [2.24, 2.45) is 0 Å². The number of rotatable bonds is 3. The van der Waals surface area contributed by atoms with Crippen molar-refractivity contribution in [2.45, 2.75) is 33.2 Å². The van der Waals surface area contributed by atoms with Crippen molar-refractivity contribution < 1.29 is 9.53 Å². The third-order valence-corrected chi connectivity index (χ3v) is 1.97. The summed E-state index contributed by atoms with van der Waals surface area (Å²) in [6.07, 6.45) is 0. The molecular formula is C12H17NO2. The molecule has 0 atom stereocenters. The van der Waals surface area contributed by atoms with Gasteiger partial charge in [-0.1, -0.05) is 6.07 Å². The van der Waals surface area contributed by atoms with Gasteiger partial charge in [0.15, 0.2) is 0 Å². The van der Waals surface area contributed by atoms with E-state index in [1.807, 2.05) is 19.1 Å². The van der Waals surface area contributed by atoms with Gasteiger partial charge < -0.3 is 10.1 Å². The van der Waals surface area contributed by atoms with E-state index in [-0.39, 0.29) is 5.54 Å². The van der Waals surface area contributed by atoms with Gasteiger partial charge in [0, 0.05) is 16.8 Å². The Bertz CT molecular complexity index is 353. The fraction of sp³-hybridized carbons (Fsp3) is 0.417. The molecule has 0 heterocycles. The predicted octanol–water partition coefficient (Wildman–Crippen LogP) is 2.74. The van der Waals surface area contributed by atoms with Gasteiger partial charge in [0.05, 0.1) is 0 Å². The Kier molecular flexibility index (Phi) is 3.35. The maximum absolute atomic E-state index is 10.3. The van der Waals surface area contributed by atoms with Crippen molar-refractivity contribution in [3.63, 3.8) is 0 Å². The molecule has 0 saturated heterocycles. The average molecular weight is 207 g/mol. The molecule has 0 spiro atoms. The Labute approximate surface area is 90.4 Å². The zero-order valence-electron chi connectivity index (χ0n) is 9.63. The molecule has 0 aliphatic rings. The van der Waals surface area contributed by atoms with Crippen molar-refractivity contribution in [1.82, 2.24) is 0 Å². The molecule has 0 fully saturated rings. The molecular weight excluding hydrogens is 190 g/mol. The number of hydrogen-bond acceptors (Lipinski definition) is 3. The number of ether oxygens (including phenoxy) is 1. The molecule has 0 radical (unpaired) electrons. The van der Waals surface area contributed by atoms with E-state index in [4.69, 9.17) is 4.74 Å². The monoisotopic (exact) mass is 207 g/mol. The van der Waals surface area contributed by atoms with Crippen LogP contribution >= 0.6 is 0 Å². The predicted molar refractivity (Wildman–Crippen MR) is 61.2 cm³/mol. The number of carbonyl (C=O) groups is 1. The molecule has 0 bridgehead atoms. The van der Waals surface area contributed by atoms with E-state index in [0.29, 0.717) is 12.2 Å². The topological polar surface area (TPSA) is 38.3 Å². The highest BCUT2D eigenvalue weighted by Crippen LogP contribution is 2.27. The molecule has 15 heavy (non-hydrogen) atoms. The molecule has 0 aromatic heterocycles. The van der Waals surface area contributed by atoms with Crippen LogP contribution in [-0.4, -0.2) is 12.0 Å². The Morgan fingerprint density at radius 3 is 2.53 bits per heavy atom. The second-order valence-corrected chi connectivity index (χ2v) is 4.52. The van der Waals surface area contributed by atoms with Crippen LogP contribution in [0.3, 0.4) is 0 Å². The van der Waals surface area contributed by atoms with E-state index < -0.39 is 0 Å². The summed E-state index contributed by atoms with van der Waals surface area (Å²) >= 11 is 0. The molecule has 0 aliphatic carbocycles. The Balaban J connectivity index is 2.99. The summed E-state index contributed by atoms with van der Waals surface area (Å²) in [5.41, 5.74) is 1.92. The van der Waals surface area contributed by atoms with E-state index in [1.165, 1.54) is 0 Å². The van der Waals surface area contributed by atoms with Crippen LogP contribution in [-0.2, 0) is 4.79 Å². The summed E-state index contributed by atoms with van der Waals surface area (Å²) in [5.74, 6) is 0.597. The average Bonchev–Trinajstić information content (AvgIpc) is 2.10. The number of hydrogen-bond donors (Lipinski definition) is 1. The van der Waals surface area contributed by atoms with Gasteiger partial charge in [0.25, 0.3) is 6.47 Å². The van der Waals surface area contributed by atoms with Gasteiger partial charge in [-0.25, -0.2) is 0 Å². The fourth-order valence-corrected chi connectivity index (χ4v) is 1.33. The number of nitrogens with one attached hydrogen (secondary N) is 1. The standard InChI is InChI=1S/C12H17NO2/c1-9-10(13-12(2,3)4)6-5-7-11(9)15-8-14/h5-8,13H,1-4H3. The normalized spacial score (nSPS) is 10.9. The molecule has 3 nitrogen and oxygen atoms in total. The molecule has 1 aromatic rings. The minimum absolute atomic E-state index is 0.00936. The Morgan fingerprint density at radius 2 is 2.00 bits per heavy atom. The lowest BCUT2D eigenvalue weighted by Gasteiger charge is -2.24. The summed E-state index contributed by atoms with van der Waals surface area (Å²) in [6.45, 7) is 8.62. The first-order valence-electron chi connectivity index (χ1n) is 4.92. The zero-order valence-corrected chi connectivity index (χ0v) is 9.63. The van der Waals surface area contributed by atoms with Gasteiger partial charge in [-0.15, -0.1) is 0 Å². The summed E-state index contributed by atoms with van der Waals surface area (Å²) in [6, 6.07) is 5.61. The van der Waals surface area contributed by atoms with Crippen LogP contribution in [0.25, 0.3) is 0 Å². The largest absolute Gasteiger partial charge is 0.428 e. The van der Waals surface area contributed by atoms with E-state index >= 15 is 0 Å². The van der Waals surface area contributed by atoms with Crippen molar-refractivity contribution in [3.05, 3.63) is 23.8 Å². The van der Waals surface area contributed by atoms with E-state index in [9.17, 15) is 4.79 Å². The second kappa shape index (κ2) is 4.34. The third-order valence-electron chi connectivity index (χ3n) is 1.97. The van der Waals surface area contributed by atoms with Gasteiger partial charge in [-0.05, 0) is 39.8 Å². The van der Waals surface area contributed by atoms with Crippen molar-refractivity contribution >= 4 is 12.2 Å². The highest BCUT2D eigenvalue weighted by molar-refractivity contribution is 5.60. The van der Waals surface area contributed by atoms with Crippen molar-refractivity contribution in [1.29, 1.82) is 0 Å². The lowest BCUT2D eigenvalue weighted by Crippen LogP contribution is -2.26. The maximum Gasteiger partial charge on any atom is 0.298 e. The number of anilines is 1. The minimum Gasteiger partial charge on any atom is -0.428 e. The highest BCUT2D eigenvalue weighted by Gasteiger charge is 2.12. The molecule has 1 N–H and O–H groups in total. The van der Waals surface area contributed by atoms with Gasteiger partial charge in [0.2, 0.25) is 0 Å². The summed E-state index contributed by atoms with van der Waals surface area (Å²) in [7, 11) is 0. The first-order valence-corrected chi connectivity index (χ1v) is 4.92. The molecule has 82 valence electrons. The van der Waals surface area contributed by atoms with Gasteiger partial charge in [0.1, 0.15) is 5.75 Å². The fourth-order valence-electron chi connectivity index (χ4n) is 1.33. The summed E-state index contributed by atoms with van der Waals surface area (Å²) in [5, 5.41) is 3.35. The second-order valence-electron chi connectivity index (χ2n) is 4.52. The number of carbonyl (C=O) groups excluding carboxylic acids is 1. The quantitative estimate of drug-likeness (QED) is 0.774. The lowest BCUT2D eigenvalue weighted by molar-refractivity contribution is -0.120. The maximum atomic E-state index is 10.3. The van der Waals surface area contributed by atoms with Crippen LogP contribution in [0.15, 0.2) is 18.2 Å². The Hall–Kier alpha value is -1.51. The van der Waals surface area contributed by atoms with E-state index in [1.54, 1.807) is 6.07 Å². The first kappa shape index (κ1) is 11.6. The molecule has 0 amide bonds. The SMILES string of the molecule is Cc1c(NC(C)(C)C)cccc1OC=O. The highest BCUT2D eigenvalue weighted by atomic mass is 16.5. The zero-order chi connectivity index (χ0) is 11.5. The minimum atomic E-state index is -0.00936. The molecule has 0 unspecified atom stereocenters. The van der Waals surface area contributed by atoms with Crippen LogP contribution in [0.4, 0.5) is 5.69 Å². The number of benzene rings is 1. The smallest absolute Gasteiger partial charge is 0.298 e. The van der Waals surface area contributed by atoms with E-state index in [2.05, 4.69) is 26.1 Å². The van der Waals surface area contributed by atoms with Gasteiger partial charge in [-0.2, -0.15) is 0 Å². The Morgan fingerprint density at radius 1 is 1.33 bits per heavy atom. The van der Waals surface area contributed by atoms with Crippen LogP contribution < -0.4 is 10.1 Å². The van der Waals surface area contributed by atoms with Gasteiger partial charge in [-0.3, -0.25) is 4.79 Å². The van der Waals surface area contributed by atoms with Crippen LogP contribution in [0.5, 0.6) is 5.75 Å². The summed E-state index contributed by atoms with van der Waals surface area (Å²) < 4.78 is 4.87. The van der Waals surface area contributed by atoms with Crippen LogP contribution in [0.1, 0.15) is 26.3 Å². The van der Waals surface area contributed by atoms with Crippen molar-refractivity contribution in [2.75, 3.05) is 5.32 Å². The van der Waals surface area contributed by atoms with Crippen LogP contribution in [0, 0.1) is 6.92 Å². The molecule has 0 aliphatic heterocycles. The van der Waals surface area contributed by atoms with Crippen molar-refractivity contribution in [3.8, 4) is 5.75 Å². The molecule has 1 aromatic carbocycles. The van der Waals surface area contributed by atoms with Gasteiger partial charge >= 0.3 is 0 Å². The summed E-state index contributed by atoms with van der Waals surface area (Å²) in [4.78, 5) is 10.3. The molecule has 1 rings (SSSR count). The molecule has 3 heteroatoms. The lowest BCUT2D eigenvalue weighted by atomic mass is 10.1. The van der Waals surface area contributed by atoms with Crippen LogP contribution in [0.2, 0.25) is 0 Å². The molecule has 0 saturated carbocycles. The first-order chi connectivity index (χ1) is 6.94. The third kappa shape index (κ3) is 3.27.